The smallest absolute Gasteiger partial charge is 0.387 e. The van der Waals surface area contributed by atoms with Crippen LogP contribution in [0.1, 0.15) is 60.2 Å². The van der Waals surface area contributed by atoms with Gasteiger partial charge in [0.15, 0.2) is 0 Å². The molecule has 0 radical (unpaired) electrons. The number of nitrogens with zero attached hydrogens (tertiary/aromatic N) is 3. The summed E-state index contributed by atoms with van der Waals surface area (Å²) in [6, 6.07) is 6.33. The molecule has 1 aromatic carbocycles. The lowest BCUT2D eigenvalue weighted by atomic mass is 9.97. The highest BCUT2D eigenvalue weighted by molar-refractivity contribution is 7.13. The Hall–Kier alpha value is -2.92. The number of benzene rings is 1. The minimum absolute atomic E-state index is 0.0249. The molecule has 1 saturated heterocycles. The average Bonchev–Trinajstić information content (AvgIpc) is 3.44. The largest absolute Gasteiger partial charge is 0.434 e. The standard InChI is InChI=1S/C23H24F2N4O3S2/c1-13-19(34-14(2)27-13)22(31)29-9-7-15(8-10-29)21-28-17(12-33-21)20(30)26-11-16-5-3-4-6-18(16)32-23(24)25/h3-6,12,15,23H,7-11H2,1-2H3,(H,26,30). The number of para-hydroxylation sites is 1. The number of nitrogens with one attached hydrogen (secondary N) is 1. The fourth-order valence-electron chi connectivity index (χ4n) is 3.91. The fraction of sp³-hybridized carbons (Fsp3) is 0.391. The maximum absolute atomic E-state index is 12.8. The predicted octanol–water partition coefficient (Wildman–Crippen LogP) is 4.77. The van der Waals surface area contributed by atoms with E-state index in [0.717, 1.165) is 28.6 Å². The maximum Gasteiger partial charge on any atom is 0.387 e. The van der Waals surface area contributed by atoms with Crippen molar-refractivity contribution in [2.75, 3.05) is 13.1 Å². The van der Waals surface area contributed by atoms with Crippen LogP contribution in [0.2, 0.25) is 0 Å². The van der Waals surface area contributed by atoms with Crippen LogP contribution in [0.5, 0.6) is 5.75 Å². The van der Waals surface area contributed by atoms with Crippen LogP contribution in [0.4, 0.5) is 8.78 Å². The second-order valence-electron chi connectivity index (χ2n) is 7.95. The van der Waals surface area contributed by atoms with Gasteiger partial charge in [-0.3, -0.25) is 9.59 Å². The number of aryl methyl sites for hydroxylation is 2. The molecule has 0 aliphatic carbocycles. The lowest BCUT2D eigenvalue weighted by molar-refractivity contribution is -0.0504. The summed E-state index contributed by atoms with van der Waals surface area (Å²) >= 11 is 2.85. The summed E-state index contributed by atoms with van der Waals surface area (Å²) in [7, 11) is 0. The van der Waals surface area contributed by atoms with Crippen molar-refractivity contribution in [2.45, 2.75) is 45.8 Å². The Balaban J connectivity index is 1.32. The molecule has 2 aromatic heterocycles. The normalized spacial score (nSPS) is 14.4. The minimum atomic E-state index is -2.94. The highest BCUT2D eigenvalue weighted by Gasteiger charge is 2.28. The van der Waals surface area contributed by atoms with Crippen LogP contribution in [0.25, 0.3) is 0 Å². The van der Waals surface area contributed by atoms with Gasteiger partial charge < -0.3 is 15.0 Å². The van der Waals surface area contributed by atoms with Gasteiger partial charge in [0.05, 0.1) is 15.7 Å². The lowest BCUT2D eigenvalue weighted by Gasteiger charge is -2.30. The molecule has 7 nitrogen and oxygen atoms in total. The number of piperidine rings is 1. The van der Waals surface area contributed by atoms with E-state index in [1.165, 1.54) is 28.7 Å². The molecule has 2 amide bonds. The summed E-state index contributed by atoms with van der Waals surface area (Å²) in [6.07, 6.45) is 1.55. The molecule has 0 atom stereocenters. The van der Waals surface area contributed by atoms with E-state index in [1.54, 1.807) is 23.6 Å². The molecule has 3 aromatic rings. The number of ether oxygens (including phenoxy) is 1. The first-order chi connectivity index (χ1) is 16.3. The summed E-state index contributed by atoms with van der Waals surface area (Å²) in [4.78, 5) is 36.8. The number of aromatic nitrogens is 2. The van der Waals surface area contributed by atoms with Crippen molar-refractivity contribution >= 4 is 34.5 Å². The first-order valence-electron chi connectivity index (χ1n) is 10.8. The molecule has 180 valence electrons. The van der Waals surface area contributed by atoms with Crippen molar-refractivity contribution in [1.82, 2.24) is 20.2 Å². The van der Waals surface area contributed by atoms with Gasteiger partial charge in [-0.15, -0.1) is 22.7 Å². The molecule has 0 bridgehead atoms. The van der Waals surface area contributed by atoms with E-state index < -0.39 is 6.61 Å². The van der Waals surface area contributed by atoms with Gasteiger partial charge in [0.1, 0.15) is 16.3 Å². The van der Waals surface area contributed by atoms with Crippen molar-refractivity contribution in [3.05, 3.63) is 61.5 Å². The Morgan fingerprint density at radius 3 is 2.62 bits per heavy atom. The van der Waals surface area contributed by atoms with Crippen molar-refractivity contribution in [1.29, 1.82) is 0 Å². The van der Waals surface area contributed by atoms with Crippen LogP contribution in [-0.2, 0) is 6.54 Å². The van der Waals surface area contributed by atoms with Gasteiger partial charge in [-0.2, -0.15) is 8.78 Å². The van der Waals surface area contributed by atoms with E-state index in [-0.39, 0.29) is 30.0 Å². The van der Waals surface area contributed by atoms with Crippen LogP contribution in [0, 0.1) is 13.8 Å². The number of alkyl halides is 2. The van der Waals surface area contributed by atoms with Crippen molar-refractivity contribution in [3.63, 3.8) is 0 Å². The maximum atomic E-state index is 12.8. The molecule has 0 unspecified atom stereocenters. The van der Waals surface area contributed by atoms with Gasteiger partial charge in [-0.05, 0) is 32.8 Å². The predicted molar refractivity (Wildman–Crippen MR) is 126 cm³/mol. The van der Waals surface area contributed by atoms with Crippen LogP contribution in [-0.4, -0.2) is 46.4 Å². The molecule has 1 fully saturated rings. The Labute approximate surface area is 203 Å². The molecule has 4 rings (SSSR count). The molecular formula is C23H24F2N4O3S2. The van der Waals surface area contributed by atoms with Gasteiger partial charge in [-0.1, -0.05) is 18.2 Å². The highest BCUT2D eigenvalue weighted by atomic mass is 32.1. The second kappa shape index (κ2) is 10.6. The highest BCUT2D eigenvalue weighted by Crippen LogP contribution is 2.32. The van der Waals surface area contributed by atoms with Gasteiger partial charge in [0, 0.05) is 36.5 Å². The molecule has 3 heterocycles. The van der Waals surface area contributed by atoms with Gasteiger partial charge >= 0.3 is 6.61 Å². The number of hydrogen-bond donors (Lipinski definition) is 1. The third-order valence-corrected chi connectivity index (χ3v) is 7.68. The molecule has 1 N–H and O–H groups in total. The number of hydrogen-bond acceptors (Lipinski definition) is 7. The van der Waals surface area contributed by atoms with Gasteiger partial charge in [0.25, 0.3) is 11.8 Å². The number of thiazole rings is 2. The van der Waals surface area contributed by atoms with Gasteiger partial charge in [0.2, 0.25) is 0 Å². The van der Waals surface area contributed by atoms with E-state index in [4.69, 9.17) is 0 Å². The van der Waals surface area contributed by atoms with E-state index >= 15 is 0 Å². The molecule has 1 aliphatic heterocycles. The van der Waals surface area contributed by atoms with Crippen LogP contribution in [0.3, 0.4) is 0 Å². The molecule has 0 spiro atoms. The lowest BCUT2D eigenvalue weighted by Crippen LogP contribution is -2.37. The summed E-state index contributed by atoms with van der Waals surface area (Å²) in [6.45, 7) is 2.12. The average molecular weight is 507 g/mol. The third kappa shape index (κ3) is 5.58. The molecule has 0 saturated carbocycles. The molecule has 1 aliphatic rings. The first kappa shape index (κ1) is 24.2. The fourth-order valence-corrected chi connectivity index (χ4v) is 5.77. The monoisotopic (exact) mass is 506 g/mol. The molecular weight excluding hydrogens is 482 g/mol. The van der Waals surface area contributed by atoms with E-state index in [0.29, 0.717) is 29.2 Å². The number of rotatable bonds is 7. The number of carbonyl (C=O) groups is 2. The van der Waals surface area contributed by atoms with E-state index in [1.807, 2.05) is 18.7 Å². The quantitative estimate of drug-likeness (QED) is 0.499. The summed E-state index contributed by atoms with van der Waals surface area (Å²) in [5.41, 5.74) is 1.52. The Morgan fingerprint density at radius 1 is 1.21 bits per heavy atom. The summed E-state index contributed by atoms with van der Waals surface area (Å²) < 4.78 is 29.6. The zero-order chi connectivity index (χ0) is 24.2. The van der Waals surface area contributed by atoms with Crippen molar-refractivity contribution < 1.29 is 23.1 Å². The zero-order valence-electron chi connectivity index (χ0n) is 18.7. The Bertz CT molecular complexity index is 1170. The second-order valence-corrected chi connectivity index (χ2v) is 10.0. The van der Waals surface area contributed by atoms with E-state index in [2.05, 4.69) is 20.0 Å². The SMILES string of the molecule is Cc1nc(C)c(C(=O)N2CCC(c3nc(C(=O)NCc4ccccc4OC(F)F)cs3)CC2)s1. The third-order valence-electron chi connectivity index (χ3n) is 5.61. The minimum Gasteiger partial charge on any atom is -0.434 e. The summed E-state index contributed by atoms with van der Waals surface area (Å²) in [5.74, 6) is -0.142. The first-order valence-corrected chi connectivity index (χ1v) is 12.5. The Morgan fingerprint density at radius 2 is 1.94 bits per heavy atom. The number of halogens is 2. The zero-order valence-corrected chi connectivity index (χ0v) is 20.3. The van der Waals surface area contributed by atoms with Crippen LogP contribution >= 0.6 is 22.7 Å². The van der Waals surface area contributed by atoms with Gasteiger partial charge in [-0.25, -0.2) is 9.97 Å². The van der Waals surface area contributed by atoms with Crippen LogP contribution in [0.15, 0.2) is 29.6 Å². The number of likely N-dealkylation sites (tertiary alicyclic amines) is 1. The summed E-state index contributed by atoms with van der Waals surface area (Å²) in [5, 5.41) is 6.16. The Kier molecular flexibility index (Phi) is 7.52. The molecule has 34 heavy (non-hydrogen) atoms. The van der Waals surface area contributed by atoms with E-state index in [9.17, 15) is 18.4 Å². The van der Waals surface area contributed by atoms with Crippen molar-refractivity contribution in [2.24, 2.45) is 0 Å². The number of amides is 2. The molecule has 11 heteroatoms. The van der Waals surface area contributed by atoms with Crippen LogP contribution < -0.4 is 10.1 Å². The topological polar surface area (TPSA) is 84.4 Å². The van der Waals surface area contributed by atoms with Crippen molar-refractivity contribution in [3.8, 4) is 5.75 Å². The number of carbonyl (C=O) groups excluding carboxylic acids is 2.